The normalized spacial score (nSPS) is 13.9. The lowest BCUT2D eigenvalue weighted by Crippen LogP contribution is -2.48. The van der Waals surface area contributed by atoms with Crippen molar-refractivity contribution in [3.8, 4) is 11.5 Å². The molecule has 1 rings (SSSR count). The number of phenolic OH excluding ortho intramolecular Hbond substituents is 1. The van der Waals surface area contributed by atoms with Crippen LogP contribution in [0.25, 0.3) is 0 Å². The molecule has 1 amide bonds. The maximum absolute atomic E-state index is 12.2. The molecule has 0 aromatic heterocycles. The fourth-order valence-corrected chi connectivity index (χ4v) is 1.91. The van der Waals surface area contributed by atoms with Gasteiger partial charge in [-0.05, 0) is 39.8 Å². The van der Waals surface area contributed by atoms with E-state index in [9.17, 15) is 14.7 Å². The maximum atomic E-state index is 12.2. The number of phenols is 1. The van der Waals surface area contributed by atoms with Crippen LogP contribution in [-0.2, 0) is 15.1 Å². The standard InChI is InChI=1S/C16H23NO5/c1-15(2,3)22-14(20)17(5)16(4,10-18)12-8-7-11(21-6)9-13(12)19/h7-10,19H,1-6H3. The highest BCUT2D eigenvalue weighted by Crippen LogP contribution is 2.35. The number of aldehydes is 1. The Balaban J connectivity index is 3.20. The summed E-state index contributed by atoms with van der Waals surface area (Å²) in [6, 6.07) is 4.54. The van der Waals surface area contributed by atoms with E-state index >= 15 is 0 Å². The third kappa shape index (κ3) is 3.69. The molecule has 122 valence electrons. The number of nitrogens with zero attached hydrogens (tertiary/aromatic N) is 1. The summed E-state index contributed by atoms with van der Waals surface area (Å²) in [4.78, 5) is 25.0. The van der Waals surface area contributed by atoms with Crippen molar-refractivity contribution in [2.75, 3.05) is 14.2 Å². The Hall–Kier alpha value is -2.24. The Bertz CT molecular complexity index is 564. The molecule has 1 unspecified atom stereocenters. The summed E-state index contributed by atoms with van der Waals surface area (Å²) in [6.07, 6.45) is -0.0596. The Kier molecular flexibility index (Phi) is 5.06. The van der Waals surface area contributed by atoms with Gasteiger partial charge in [-0.1, -0.05) is 0 Å². The first-order chi connectivity index (χ1) is 10.0. The lowest BCUT2D eigenvalue weighted by atomic mass is 9.91. The van der Waals surface area contributed by atoms with Crippen molar-refractivity contribution in [2.24, 2.45) is 0 Å². The number of hydrogen-bond acceptors (Lipinski definition) is 5. The minimum atomic E-state index is -1.36. The number of amides is 1. The van der Waals surface area contributed by atoms with Crippen LogP contribution in [0.4, 0.5) is 4.79 Å². The average Bonchev–Trinajstić information content (AvgIpc) is 2.43. The number of rotatable bonds is 4. The highest BCUT2D eigenvalue weighted by Gasteiger charge is 2.38. The van der Waals surface area contributed by atoms with Gasteiger partial charge in [0.2, 0.25) is 0 Å². The highest BCUT2D eigenvalue weighted by molar-refractivity contribution is 5.79. The molecule has 0 heterocycles. The summed E-state index contributed by atoms with van der Waals surface area (Å²) in [5.41, 5.74) is -1.76. The van der Waals surface area contributed by atoms with Gasteiger partial charge >= 0.3 is 6.09 Å². The van der Waals surface area contributed by atoms with Gasteiger partial charge in [0.05, 0.1) is 7.11 Å². The van der Waals surface area contributed by atoms with Gasteiger partial charge in [0.15, 0.2) is 0 Å². The predicted octanol–water partition coefficient (Wildman–Crippen LogP) is 2.68. The zero-order valence-electron chi connectivity index (χ0n) is 13.8. The Labute approximate surface area is 130 Å². The van der Waals surface area contributed by atoms with Gasteiger partial charge in [-0.25, -0.2) is 4.79 Å². The molecule has 0 fully saturated rings. The molecule has 0 saturated carbocycles. The van der Waals surface area contributed by atoms with Crippen LogP contribution >= 0.6 is 0 Å². The predicted molar refractivity (Wildman–Crippen MR) is 82.1 cm³/mol. The fourth-order valence-electron chi connectivity index (χ4n) is 1.91. The number of benzene rings is 1. The molecule has 0 saturated heterocycles. The van der Waals surface area contributed by atoms with Crippen molar-refractivity contribution in [2.45, 2.75) is 38.8 Å². The van der Waals surface area contributed by atoms with Crippen LogP contribution in [0, 0.1) is 0 Å². The monoisotopic (exact) mass is 309 g/mol. The van der Waals surface area contributed by atoms with Gasteiger partial charge in [0.1, 0.15) is 28.9 Å². The van der Waals surface area contributed by atoms with E-state index in [4.69, 9.17) is 9.47 Å². The number of likely N-dealkylation sites (N-methyl/N-ethyl adjacent to an activating group) is 1. The molecule has 0 aliphatic rings. The molecule has 0 aliphatic carbocycles. The van der Waals surface area contributed by atoms with E-state index in [-0.39, 0.29) is 11.3 Å². The second kappa shape index (κ2) is 6.25. The molecular weight excluding hydrogens is 286 g/mol. The number of carbonyl (C=O) groups is 2. The van der Waals surface area contributed by atoms with Gasteiger partial charge in [0.25, 0.3) is 0 Å². The molecule has 1 N–H and O–H groups in total. The number of hydrogen-bond donors (Lipinski definition) is 1. The molecule has 0 spiro atoms. The third-order valence-corrected chi connectivity index (χ3v) is 3.34. The lowest BCUT2D eigenvalue weighted by molar-refractivity contribution is -0.117. The fraction of sp³-hybridized carbons (Fsp3) is 0.500. The van der Waals surface area contributed by atoms with Gasteiger partial charge in [0, 0.05) is 18.7 Å². The van der Waals surface area contributed by atoms with Crippen LogP contribution in [-0.4, -0.2) is 42.1 Å². The molecule has 0 radical (unpaired) electrons. The first-order valence-electron chi connectivity index (χ1n) is 6.86. The molecular formula is C16H23NO5. The van der Waals surface area contributed by atoms with E-state index in [1.54, 1.807) is 32.9 Å². The van der Waals surface area contributed by atoms with E-state index in [0.29, 0.717) is 12.0 Å². The maximum Gasteiger partial charge on any atom is 0.411 e. The molecule has 1 aromatic carbocycles. The van der Waals surface area contributed by atoms with Crippen LogP contribution in [0.15, 0.2) is 18.2 Å². The van der Waals surface area contributed by atoms with Crippen LogP contribution in [0.1, 0.15) is 33.3 Å². The number of methoxy groups -OCH3 is 1. The summed E-state index contributed by atoms with van der Waals surface area (Å²) in [7, 11) is 2.92. The topological polar surface area (TPSA) is 76.1 Å². The van der Waals surface area contributed by atoms with Gasteiger partial charge in [-0.15, -0.1) is 0 Å². The number of carbonyl (C=O) groups excluding carboxylic acids is 2. The van der Waals surface area contributed by atoms with E-state index in [1.807, 2.05) is 0 Å². The lowest BCUT2D eigenvalue weighted by Gasteiger charge is -2.36. The Morgan fingerprint density at radius 1 is 1.27 bits per heavy atom. The largest absolute Gasteiger partial charge is 0.507 e. The highest BCUT2D eigenvalue weighted by atomic mass is 16.6. The van der Waals surface area contributed by atoms with E-state index in [1.165, 1.54) is 27.1 Å². The zero-order valence-corrected chi connectivity index (χ0v) is 13.8. The first kappa shape index (κ1) is 17.8. The van der Waals surface area contributed by atoms with Crippen molar-refractivity contribution >= 4 is 12.4 Å². The van der Waals surface area contributed by atoms with E-state index in [0.717, 1.165) is 4.90 Å². The zero-order chi connectivity index (χ0) is 17.1. The van der Waals surface area contributed by atoms with Crippen molar-refractivity contribution in [1.29, 1.82) is 0 Å². The smallest absolute Gasteiger partial charge is 0.411 e. The van der Waals surface area contributed by atoms with Crippen molar-refractivity contribution < 1.29 is 24.2 Å². The van der Waals surface area contributed by atoms with Crippen molar-refractivity contribution in [3.05, 3.63) is 23.8 Å². The molecule has 22 heavy (non-hydrogen) atoms. The Morgan fingerprint density at radius 2 is 1.86 bits per heavy atom. The van der Waals surface area contributed by atoms with Gasteiger partial charge in [-0.3, -0.25) is 4.90 Å². The summed E-state index contributed by atoms with van der Waals surface area (Å²) >= 11 is 0. The average molecular weight is 309 g/mol. The summed E-state index contributed by atoms with van der Waals surface area (Å²) < 4.78 is 10.3. The number of ether oxygens (including phenoxy) is 2. The SMILES string of the molecule is COc1ccc(C(C)(C=O)N(C)C(=O)OC(C)(C)C)c(O)c1. The van der Waals surface area contributed by atoms with Crippen LogP contribution in [0.3, 0.4) is 0 Å². The number of aromatic hydroxyl groups is 1. The Morgan fingerprint density at radius 3 is 2.27 bits per heavy atom. The quantitative estimate of drug-likeness (QED) is 0.865. The molecule has 6 nitrogen and oxygen atoms in total. The van der Waals surface area contributed by atoms with Crippen LogP contribution in [0.5, 0.6) is 11.5 Å². The van der Waals surface area contributed by atoms with Crippen LogP contribution in [0.2, 0.25) is 0 Å². The minimum absolute atomic E-state index is 0.135. The first-order valence-corrected chi connectivity index (χ1v) is 6.86. The molecule has 0 bridgehead atoms. The van der Waals surface area contributed by atoms with Gasteiger partial charge < -0.3 is 19.4 Å². The molecule has 6 heteroatoms. The second-order valence-electron chi connectivity index (χ2n) is 6.19. The molecule has 1 atom stereocenters. The minimum Gasteiger partial charge on any atom is -0.507 e. The van der Waals surface area contributed by atoms with E-state index < -0.39 is 17.2 Å². The summed E-state index contributed by atoms with van der Waals surface area (Å²) in [5, 5.41) is 10.1. The van der Waals surface area contributed by atoms with Crippen molar-refractivity contribution in [3.63, 3.8) is 0 Å². The van der Waals surface area contributed by atoms with Crippen LogP contribution < -0.4 is 4.74 Å². The second-order valence-corrected chi connectivity index (χ2v) is 6.19. The third-order valence-electron chi connectivity index (χ3n) is 3.34. The van der Waals surface area contributed by atoms with E-state index in [2.05, 4.69) is 0 Å². The molecule has 0 aliphatic heterocycles. The van der Waals surface area contributed by atoms with Crippen molar-refractivity contribution in [1.82, 2.24) is 4.90 Å². The summed E-state index contributed by atoms with van der Waals surface area (Å²) in [6.45, 7) is 6.75. The summed E-state index contributed by atoms with van der Waals surface area (Å²) in [5.74, 6) is 0.318. The molecule has 1 aromatic rings. The van der Waals surface area contributed by atoms with Gasteiger partial charge in [-0.2, -0.15) is 0 Å².